The first kappa shape index (κ1) is 10.4. The van der Waals surface area contributed by atoms with Crippen LogP contribution in [0, 0.1) is 6.92 Å². The van der Waals surface area contributed by atoms with Crippen LogP contribution in [0.25, 0.3) is 5.69 Å². The number of ether oxygens (including phenoxy) is 1. The first-order valence-electron chi connectivity index (χ1n) is 5.70. The van der Waals surface area contributed by atoms with E-state index in [-0.39, 0.29) is 5.75 Å². The Balaban J connectivity index is 2.11. The van der Waals surface area contributed by atoms with Crippen molar-refractivity contribution < 1.29 is 9.84 Å². The molecule has 2 heterocycles. The van der Waals surface area contributed by atoms with Crippen LogP contribution in [0.5, 0.6) is 5.75 Å². The van der Waals surface area contributed by atoms with Gasteiger partial charge in [-0.25, -0.2) is 4.68 Å². The second-order valence-electron chi connectivity index (χ2n) is 4.24. The lowest BCUT2D eigenvalue weighted by Crippen LogP contribution is -2.12. The quantitative estimate of drug-likeness (QED) is 0.814. The van der Waals surface area contributed by atoms with Crippen LogP contribution in [0.15, 0.2) is 24.3 Å². The van der Waals surface area contributed by atoms with E-state index in [1.807, 2.05) is 23.7 Å². The van der Waals surface area contributed by atoms with Crippen LogP contribution in [0.1, 0.15) is 17.0 Å². The van der Waals surface area contributed by atoms with Crippen LogP contribution in [0.2, 0.25) is 0 Å². The fraction of sp³-hybridized carbons (Fsp3) is 0.308. The molecule has 0 saturated carbocycles. The van der Waals surface area contributed by atoms with E-state index >= 15 is 0 Å². The molecule has 0 bridgehead atoms. The molecule has 3 rings (SSSR count). The Morgan fingerprint density at radius 3 is 2.82 bits per heavy atom. The van der Waals surface area contributed by atoms with E-state index in [0.29, 0.717) is 6.61 Å². The molecule has 0 amide bonds. The molecule has 0 unspecified atom stereocenters. The van der Waals surface area contributed by atoms with Gasteiger partial charge in [0.25, 0.3) is 0 Å². The number of aromatic nitrogens is 2. The minimum Gasteiger partial charge on any atom is -0.508 e. The summed E-state index contributed by atoms with van der Waals surface area (Å²) in [5, 5.41) is 13.8. The van der Waals surface area contributed by atoms with Gasteiger partial charge in [0.1, 0.15) is 5.75 Å². The Bertz CT molecular complexity index is 543. The normalized spacial score (nSPS) is 14.6. The zero-order valence-electron chi connectivity index (χ0n) is 9.68. The van der Waals surface area contributed by atoms with Crippen molar-refractivity contribution in [1.82, 2.24) is 9.78 Å². The number of phenols is 1. The van der Waals surface area contributed by atoms with E-state index in [9.17, 15) is 5.11 Å². The maximum Gasteiger partial charge on any atom is 0.115 e. The lowest BCUT2D eigenvalue weighted by Gasteiger charge is -2.14. The molecule has 1 aliphatic rings. The van der Waals surface area contributed by atoms with Crippen molar-refractivity contribution in [2.24, 2.45) is 0 Å². The van der Waals surface area contributed by atoms with Gasteiger partial charge in [-0.1, -0.05) is 0 Å². The molecule has 4 nitrogen and oxygen atoms in total. The average molecular weight is 230 g/mol. The third-order valence-corrected chi connectivity index (χ3v) is 3.12. The number of aryl methyl sites for hydroxylation is 1. The number of aromatic hydroxyl groups is 1. The lowest BCUT2D eigenvalue weighted by molar-refractivity contribution is 0.106. The second kappa shape index (κ2) is 3.89. The number of nitrogens with zero attached hydrogens (tertiary/aromatic N) is 2. The van der Waals surface area contributed by atoms with E-state index in [2.05, 4.69) is 5.10 Å². The van der Waals surface area contributed by atoms with Crippen molar-refractivity contribution in [3.63, 3.8) is 0 Å². The molecule has 0 radical (unpaired) electrons. The third kappa shape index (κ3) is 1.70. The van der Waals surface area contributed by atoms with Crippen molar-refractivity contribution >= 4 is 0 Å². The van der Waals surface area contributed by atoms with E-state index in [0.717, 1.165) is 30.1 Å². The van der Waals surface area contributed by atoms with Gasteiger partial charge in [0.15, 0.2) is 0 Å². The Morgan fingerprint density at radius 1 is 1.29 bits per heavy atom. The van der Waals surface area contributed by atoms with Gasteiger partial charge < -0.3 is 9.84 Å². The molecule has 17 heavy (non-hydrogen) atoms. The molecule has 1 N–H and O–H groups in total. The topological polar surface area (TPSA) is 47.3 Å². The smallest absolute Gasteiger partial charge is 0.115 e. The predicted molar refractivity (Wildman–Crippen MR) is 63.3 cm³/mol. The molecular formula is C13H14N2O2. The van der Waals surface area contributed by atoms with Crippen LogP contribution in [-0.4, -0.2) is 21.5 Å². The van der Waals surface area contributed by atoms with E-state index < -0.39 is 0 Å². The van der Waals surface area contributed by atoms with Gasteiger partial charge in [-0.15, -0.1) is 0 Å². The van der Waals surface area contributed by atoms with Gasteiger partial charge in [-0.2, -0.15) is 5.10 Å². The molecule has 0 saturated heterocycles. The van der Waals surface area contributed by atoms with E-state index in [1.165, 1.54) is 5.56 Å². The molecule has 4 heteroatoms. The highest BCUT2D eigenvalue weighted by molar-refractivity contribution is 5.40. The second-order valence-corrected chi connectivity index (χ2v) is 4.24. The fourth-order valence-electron chi connectivity index (χ4n) is 2.23. The molecule has 1 aliphatic heterocycles. The van der Waals surface area contributed by atoms with Crippen molar-refractivity contribution in [1.29, 1.82) is 0 Å². The van der Waals surface area contributed by atoms with Gasteiger partial charge in [0.2, 0.25) is 0 Å². The van der Waals surface area contributed by atoms with Crippen LogP contribution in [0.4, 0.5) is 0 Å². The number of phenolic OH excluding ortho intramolecular Hbond substituents is 1. The Kier molecular flexibility index (Phi) is 2.37. The van der Waals surface area contributed by atoms with E-state index in [1.54, 1.807) is 12.1 Å². The summed E-state index contributed by atoms with van der Waals surface area (Å²) < 4.78 is 7.39. The Morgan fingerprint density at radius 2 is 2.06 bits per heavy atom. The van der Waals surface area contributed by atoms with Crippen LogP contribution in [-0.2, 0) is 17.8 Å². The zero-order chi connectivity index (χ0) is 11.8. The highest BCUT2D eigenvalue weighted by atomic mass is 16.5. The van der Waals surface area contributed by atoms with Crippen molar-refractivity contribution in [3.8, 4) is 11.4 Å². The summed E-state index contributed by atoms with van der Waals surface area (Å²) in [5.74, 6) is 0.266. The summed E-state index contributed by atoms with van der Waals surface area (Å²) in [6.45, 7) is 3.41. The molecule has 2 aromatic rings. The largest absolute Gasteiger partial charge is 0.508 e. The number of benzene rings is 1. The highest BCUT2D eigenvalue weighted by Crippen LogP contribution is 2.24. The number of fused-ring (bicyclic) bond motifs is 1. The molecule has 0 spiro atoms. The molecule has 0 atom stereocenters. The summed E-state index contributed by atoms with van der Waals surface area (Å²) >= 11 is 0. The molecule has 0 aliphatic carbocycles. The summed E-state index contributed by atoms with van der Waals surface area (Å²) in [6.07, 6.45) is 0.930. The predicted octanol–water partition coefficient (Wildman–Crippen LogP) is 1.96. The van der Waals surface area contributed by atoms with Gasteiger partial charge in [0, 0.05) is 5.56 Å². The molecule has 0 fully saturated rings. The Hall–Kier alpha value is -1.81. The summed E-state index contributed by atoms with van der Waals surface area (Å²) in [5.41, 5.74) is 4.44. The molecule has 88 valence electrons. The number of hydrogen-bond acceptors (Lipinski definition) is 3. The SMILES string of the molecule is Cc1nn(-c2ccc(O)cc2)c2c1CCOC2. The maximum atomic E-state index is 9.29. The maximum absolute atomic E-state index is 9.29. The first-order valence-corrected chi connectivity index (χ1v) is 5.70. The summed E-state index contributed by atoms with van der Waals surface area (Å²) in [7, 11) is 0. The summed E-state index contributed by atoms with van der Waals surface area (Å²) in [4.78, 5) is 0. The van der Waals surface area contributed by atoms with Gasteiger partial charge >= 0.3 is 0 Å². The van der Waals surface area contributed by atoms with Crippen LogP contribution in [0.3, 0.4) is 0 Å². The minimum atomic E-state index is 0.266. The van der Waals surface area contributed by atoms with Crippen molar-refractivity contribution in [3.05, 3.63) is 41.2 Å². The number of rotatable bonds is 1. The number of hydrogen-bond donors (Lipinski definition) is 1. The van der Waals surface area contributed by atoms with Gasteiger partial charge in [-0.05, 0) is 37.6 Å². The van der Waals surface area contributed by atoms with Crippen molar-refractivity contribution in [2.45, 2.75) is 20.0 Å². The third-order valence-electron chi connectivity index (χ3n) is 3.12. The molecular weight excluding hydrogens is 216 g/mol. The molecule has 1 aromatic carbocycles. The highest BCUT2D eigenvalue weighted by Gasteiger charge is 2.19. The van der Waals surface area contributed by atoms with Crippen LogP contribution < -0.4 is 0 Å². The van der Waals surface area contributed by atoms with Gasteiger partial charge in [-0.3, -0.25) is 0 Å². The monoisotopic (exact) mass is 230 g/mol. The van der Waals surface area contributed by atoms with Crippen molar-refractivity contribution in [2.75, 3.05) is 6.61 Å². The zero-order valence-corrected chi connectivity index (χ0v) is 9.68. The first-order chi connectivity index (χ1) is 8.25. The minimum absolute atomic E-state index is 0.266. The summed E-state index contributed by atoms with van der Waals surface area (Å²) in [6, 6.07) is 7.05. The fourth-order valence-corrected chi connectivity index (χ4v) is 2.23. The molecule has 1 aromatic heterocycles. The Labute approximate surface area is 99.5 Å². The van der Waals surface area contributed by atoms with Crippen LogP contribution >= 0.6 is 0 Å². The standard InChI is InChI=1S/C13H14N2O2/c1-9-12-6-7-17-8-13(12)15(14-9)10-2-4-11(16)5-3-10/h2-5,16H,6-8H2,1H3. The van der Waals surface area contributed by atoms with Gasteiger partial charge in [0.05, 0.1) is 30.3 Å². The van der Waals surface area contributed by atoms with E-state index in [4.69, 9.17) is 4.74 Å². The average Bonchev–Trinajstić information content (AvgIpc) is 2.69. The lowest BCUT2D eigenvalue weighted by atomic mass is 10.1.